The predicted octanol–water partition coefficient (Wildman–Crippen LogP) is 4.51. The lowest BCUT2D eigenvalue weighted by molar-refractivity contribution is -0.119. The van der Waals surface area contributed by atoms with Crippen LogP contribution in [0.25, 0.3) is 0 Å². The van der Waals surface area contributed by atoms with Gasteiger partial charge in [-0.2, -0.15) is 0 Å². The Balaban J connectivity index is 1.44. The topological polar surface area (TPSA) is 26.3 Å². The summed E-state index contributed by atoms with van der Waals surface area (Å²) in [6.07, 6.45) is 14.5. The standard InChI is InChI=1S/C17H30O2/c18-17(10-9-15-5-1-2-6-15)8-4-3-7-16-11-13-19-14-12-16/h15-16H,1-14H2. The lowest BCUT2D eigenvalue weighted by Crippen LogP contribution is -2.15. The Morgan fingerprint density at radius 3 is 2.26 bits per heavy atom. The fourth-order valence-corrected chi connectivity index (χ4v) is 3.58. The first-order valence-electron chi connectivity index (χ1n) is 8.44. The molecule has 2 heteroatoms. The molecule has 1 aliphatic heterocycles. The highest BCUT2D eigenvalue weighted by Gasteiger charge is 2.16. The highest BCUT2D eigenvalue weighted by atomic mass is 16.5. The maximum atomic E-state index is 11.8. The van der Waals surface area contributed by atoms with Crippen molar-refractivity contribution in [2.24, 2.45) is 11.8 Å². The molecule has 1 saturated carbocycles. The minimum Gasteiger partial charge on any atom is -0.381 e. The van der Waals surface area contributed by atoms with Crippen LogP contribution in [-0.4, -0.2) is 19.0 Å². The smallest absolute Gasteiger partial charge is 0.132 e. The van der Waals surface area contributed by atoms with E-state index >= 15 is 0 Å². The zero-order chi connectivity index (χ0) is 13.3. The molecular weight excluding hydrogens is 236 g/mol. The quantitative estimate of drug-likeness (QED) is 0.604. The SMILES string of the molecule is O=C(CCCCC1CCOCC1)CCC1CCCC1. The van der Waals surface area contributed by atoms with Gasteiger partial charge in [0.15, 0.2) is 0 Å². The average Bonchev–Trinajstić information content (AvgIpc) is 2.96. The number of ether oxygens (including phenoxy) is 1. The van der Waals surface area contributed by atoms with Crippen LogP contribution in [0.4, 0.5) is 0 Å². The van der Waals surface area contributed by atoms with Gasteiger partial charge in [-0.15, -0.1) is 0 Å². The lowest BCUT2D eigenvalue weighted by atomic mass is 9.93. The number of Topliss-reactive ketones (excluding diaryl/α,β-unsaturated/α-hetero) is 1. The molecule has 0 amide bonds. The van der Waals surface area contributed by atoms with Gasteiger partial charge >= 0.3 is 0 Å². The molecule has 0 atom stereocenters. The molecule has 0 radical (unpaired) electrons. The van der Waals surface area contributed by atoms with Crippen LogP contribution in [0.2, 0.25) is 0 Å². The normalized spacial score (nSPS) is 21.9. The van der Waals surface area contributed by atoms with Crippen LogP contribution >= 0.6 is 0 Å². The third-order valence-electron chi connectivity index (χ3n) is 4.97. The molecule has 110 valence electrons. The van der Waals surface area contributed by atoms with Crippen molar-refractivity contribution in [3.63, 3.8) is 0 Å². The molecular formula is C17H30O2. The molecule has 0 bridgehead atoms. The molecule has 0 aromatic heterocycles. The summed E-state index contributed by atoms with van der Waals surface area (Å²) in [6, 6.07) is 0. The van der Waals surface area contributed by atoms with E-state index in [1.54, 1.807) is 0 Å². The molecule has 0 spiro atoms. The second kappa shape index (κ2) is 8.73. The van der Waals surface area contributed by atoms with Crippen molar-refractivity contribution in [1.82, 2.24) is 0 Å². The maximum Gasteiger partial charge on any atom is 0.132 e. The number of unbranched alkanes of at least 4 members (excludes halogenated alkanes) is 1. The molecule has 0 N–H and O–H groups in total. The molecule has 1 aliphatic carbocycles. The molecule has 0 aromatic rings. The van der Waals surface area contributed by atoms with E-state index < -0.39 is 0 Å². The number of rotatable bonds is 8. The minimum atomic E-state index is 0.513. The Bertz CT molecular complexity index is 250. The van der Waals surface area contributed by atoms with Crippen molar-refractivity contribution in [1.29, 1.82) is 0 Å². The van der Waals surface area contributed by atoms with Gasteiger partial charge in [-0.25, -0.2) is 0 Å². The fraction of sp³-hybridized carbons (Fsp3) is 0.941. The molecule has 2 fully saturated rings. The van der Waals surface area contributed by atoms with Crippen molar-refractivity contribution in [2.75, 3.05) is 13.2 Å². The maximum absolute atomic E-state index is 11.8. The summed E-state index contributed by atoms with van der Waals surface area (Å²) in [7, 11) is 0. The first-order chi connectivity index (χ1) is 9.34. The van der Waals surface area contributed by atoms with Gasteiger partial charge in [-0.05, 0) is 37.5 Å². The number of ketones is 1. The Morgan fingerprint density at radius 2 is 1.53 bits per heavy atom. The van der Waals surface area contributed by atoms with Crippen molar-refractivity contribution >= 4 is 5.78 Å². The zero-order valence-corrected chi connectivity index (χ0v) is 12.4. The second-order valence-electron chi connectivity index (χ2n) is 6.53. The highest BCUT2D eigenvalue weighted by Crippen LogP contribution is 2.29. The van der Waals surface area contributed by atoms with E-state index in [2.05, 4.69) is 0 Å². The predicted molar refractivity (Wildman–Crippen MR) is 78.2 cm³/mol. The van der Waals surface area contributed by atoms with Gasteiger partial charge in [0.05, 0.1) is 0 Å². The summed E-state index contributed by atoms with van der Waals surface area (Å²) < 4.78 is 5.37. The van der Waals surface area contributed by atoms with Crippen LogP contribution in [-0.2, 0) is 9.53 Å². The molecule has 1 heterocycles. The van der Waals surface area contributed by atoms with E-state index in [0.717, 1.165) is 44.3 Å². The first kappa shape index (κ1) is 15.0. The Hall–Kier alpha value is -0.370. The second-order valence-corrected chi connectivity index (χ2v) is 6.53. The summed E-state index contributed by atoms with van der Waals surface area (Å²) >= 11 is 0. The van der Waals surface area contributed by atoms with Crippen molar-refractivity contribution in [3.8, 4) is 0 Å². The highest BCUT2D eigenvalue weighted by molar-refractivity contribution is 5.78. The van der Waals surface area contributed by atoms with Gasteiger partial charge in [-0.1, -0.05) is 38.5 Å². The molecule has 2 rings (SSSR count). The molecule has 19 heavy (non-hydrogen) atoms. The van der Waals surface area contributed by atoms with Gasteiger partial charge in [0.25, 0.3) is 0 Å². The number of carbonyl (C=O) groups is 1. The van der Waals surface area contributed by atoms with Gasteiger partial charge in [0, 0.05) is 26.1 Å². The van der Waals surface area contributed by atoms with Gasteiger partial charge in [-0.3, -0.25) is 4.79 Å². The van der Waals surface area contributed by atoms with Crippen LogP contribution in [0.5, 0.6) is 0 Å². The zero-order valence-electron chi connectivity index (χ0n) is 12.4. The van der Waals surface area contributed by atoms with E-state index in [-0.39, 0.29) is 0 Å². The molecule has 2 nitrogen and oxygen atoms in total. The Kier molecular flexibility index (Phi) is 6.91. The number of hydrogen-bond acceptors (Lipinski definition) is 2. The molecule has 0 unspecified atom stereocenters. The average molecular weight is 266 g/mol. The summed E-state index contributed by atoms with van der Waals surface area (Å²) in [5.74, 6) is 2.24. The van der Waals surface area contributed by atoms with Crippen LogP contribution in [0.15, 0.2) is 0 Å². The first-order valence-corrected chi connectivity index (χ1v) is 8.44. The summed E-state index contributed by atoms with van der Waals surface area (Å²) in [6.45, 7) is 1.90. The molecule has 0 aromatic carbocycles. The summed E-state index contributed by atoms with van der Waals surface area (Å²) in [4.78, 5) is 11.8. The van der Waals surface area contributed by atoms with Crippen molar-refractivity contribution in [2.45, 2.75) is 77.0 Å². The monoisotopic (exact) mass is 266 g/mol. The Labute approximate surface area is 118 Å². The van der Waals surface area contributed by atoms with Crippen LogP contribution in [0.1, 0.15) is 77.0 Å². The number of hydrogen-bond donors (Lipinski definition) is 0. The van der Waals surface area contributed by atoms with Crippen molar-refractivity contribution in [3.05, 3.63) is 0 Å². The minimum absolute atomic E-state index is 0.513. The number of carbonyl (C=O) groups excluding carboxylic acids is 1. The van der Waals surface area contributed by atoms with Gasteiger partial charge < -0.3 is 4.74 Å². The third-order valence-corrected chi connectivity index (χ3v) is 4.97. The van der Waals surface area contributed by atoms with Gasteiger partial charge in [0.2, 0.25) is 0 Å². The van der Waals surface area contributed by atoms with E-state index in [0.29, 0.717) is 5.78 Å². The van der Waals surface area contributed by atoms with Gasteiger partial charge in [0.1, 0.15) is 5.78 Å². The Morgan fingerprint density at radius 1 is 0.842 bits per heavy atom. The van der Waals surface area contributed by atoms with Crippen LogP contribution in [0, 0.1) is 11.8 Å². The van der Waals surface area contributed by atoms with Crippen LogP contribution < -0.4 is 0 Å². The van der Waals surface area contributed by atoms with E-state index in [1.807, 2.05) is 0 Å². The largest absolute Gasteiger partial charge is 0.381 e. The van der Waals surface area contributed by atoms with Crippen molar-refractivity contribution < 1.29 is 9.53 Å². The molecule has 2 aliphatic rings. The summed E-state index contributed by atoms with van der Waals surface area (Å²) in [5.41, 5.74) is 0. The molecule has 1 saturated heterocycles. The van der Waals surface area contributed by atoms with E-state index in [9.17, 15) is 4.79 Å². The third kappa shape index (κ3) is 6.07. The summed E-state index contributed by atoms with van der Waals surface area (Å²) in [5, 5.41) is 0. The fourth-order valence-electron chi connectivity index (χ4n) is 3.58. The lowest BCUT2D eigenvalue weighted by Gasteiger charge is -2.21. The van der Waals surface area contributed by atoms with E-state index in [1.165, 1.54) is 57.8 Å². The van der Waals surface area contributed by atoms with E-state index in [4.69, 9.17) is 4.74 Å². The van der Waals surface area contributed by atoms with Crippen LogP contribution in [0.3, 0.4) is 0 Å².